The molecule has 1 fully saturated rings. The Morgan fingerprint density at radius 3 is 2.72 bits per heavy atom. The highest BCUT2D eigenvalue weighted by atomic mass is 35.5. The molecule has 5 nitrogen and oxygen atoms in total. The van der Waals surface area contributed by atoms with E-state index in [4.69, 9.17) is 11.6 Å². The van der Waals surface area contributed by atoms with E-state index in [0.717, 1.165) is 18.9 Å². The van der Waals surface area contributed by atoms with Crippen molar-refractivity contribution < 1.29 is 0 Å². The quantitative estimate of drug-likeness (QED) is 0.742. The van der Waals surface area contributed by atoms with Gasteiger partial charge < -0.3 is 4.90 Å². The predicted octanol–water partition coefficient (Wildman–Crippen LogP) is 2.26. The summed E-state index contributed by atoms with van der Waals surface area (Å²) >= 11 is 6.05. The van der Waals surface area contributed by atoms with Crippen LogP contribution in [-0.2, 0) is 0 Å². The van der Waals surface area contributed by atoms with Gasteiger partial charge in [0.2, 0.25) is 0 Å². The van der Waals surface area contributed by atoms with Crippen molar-refractivity contribution >= 4 is 23.2 Å². The molecule has 2 aromatic heterocycles. The van der Waals surface area contributed by atoms with Crippen molar-refractivity contribution in [2.45, 2.75) is 20.3 Å². The van der Waals surface area contributed by atoms with Gasteiger partial charge in [0.05, 0.1) is 0 Å². The van der Waals surface area contributed by atoms with Gasteiger partial charge in [-0.2, -0.15) is 19.6 Å². The van der Waals surface area contributed by atoms with Crippen LogP contribution in [0.4, 0.5) is 5.82 Å². The third-order valence-corrected chi connectivity index (χ3v) is 3.59. The Balaban J connectivity index is 2.05. The molecule has 2 aromatic rings. The zero-order valence-electron chi connectivity index (χ0n) is 10.5. The fraction of sp³-hybridized carbons (Fsp3) is 0.583. The van der Waals surface area contributed by atoms with Crippen molar-refractivity contribution in [3.05, 3.63) is 17.5 Å². The molecule has 0 aromatic carbocycles. The molecule has 2 unspecified atom stereocenters. The average Bonchev–Trinajstić information content (AvgIpc) is 2.74. The first-order valence-electron chi connectivity index (χ1n) is 6.24. The zero-order chi connectivity index (χ0) is 12.7. The van der Waals surface area contributed by atoms with Crippen LogP contribution in [0.25, 0.3) is 5.78 Å². The lowest BCUT2D eigenvalue weighted by Gasteiger charge is -2.36. The van der Waals surface area contributed by atoms with Gasteiger partial charge in [-0.05, 0) is 18.3 Å². The minimum Gasteiger partial charge on any atom is -0.356 e. The molecule has 6 heteroatoms. The second-order valence-corrected chi connectivity index (χ2v) is 5.65. The number of rotatable bonds is 1. The van der Waals surface area contributed by atoms with E-state index in [1.54, 1.807) is 4.52 Å². The van der Waals surface area contributed by atoms with Crippen molar-refractivity contribution in [3.8, 4) is 0 Å². The van der Waals surface area contributed by atoms with Crippen LogP contribution in [0, 0.1) is 11.8 Å². The Labute approximate surface area is 111 Å². The Bertz CT molecular complexity index is 557. The van der Waals surface area contributed by atoms with Gasteiger partial charge in [0.25, 0.3) is 5.78 Å². The first-order chi connectivity index (χ1) is 8.63. The highest BCUT2D eigenvalue weighted by Crippen LogP contribution is 2.27. The van der Waals surface area contributed by atoms with Crippen LogP contribution in [-0.4, -0.2) is 32.7 Å². The van der Waals surface area contributed by atoms with Gasteiger partial charge in [0, 0.05) is 19.2 Å². The Morgan fingerprint density at radius 1 is 1.28 bits per heavy atom. The highest BCUT2D eigenvalue weighted by molar-refractivity contribution is 6.29. The maximum atomic E-state index is 6.05. The van der Waals surface area contributed by atoms with E-state index in [2.05, 4.69) is 33.8 Å². The van der Waals surface area contributed by atoms with E-state index in [0.29, 0.717) is 22.8 Å². The van der Waals surface area contributed by atoms with Gasteiger partial charge in [0.15, 0.2) is 0 Å². The molecule has 0 N–H and O–H groups in total. The highest BCUT2D eigenvalue weighted by Gasteiger charge is 2.24. The molecule has 0 saturated carbocycles. The van der Waals surface area contributed by atoms with Crippen LogP contribution in [0.15, 0.2) is 12.4 Å². The summed E-state index contributed by atoms with van der Waals surface area (Å²) in [7, 11) is 0. The number of halogens is 1. The molecule has 0 radical (unpaired) electrons. The Kier molecular flexibility index (Phi) is 2.86. The molecular weight excluding hydrogens is 250 g/mol. The summed E-state index contributed by atoms with van der Waals surface area (Å²) in [6.45, 7) is 6.62. The maximum Gasteiger partial charge on any atom is 0.255 e. The zero-order valence-corrected chi connectivity index (χ0v) is 11.3. The summed E-state index contributed by atoms with van der Waals surface area (Å²) in [5.74, 6) is 2.91. The largest absolute Gasteiger partial charge is 0.356 e. The maximum absolute atomic E-state index is 6.05. The van der Waals surface area contributed by atoms with Crippen molar-refractivity contribution in [1.82, 2.24) is 19.6 Å². The lowest BCUT2D eigenvalue weighted by Crippen LogP contribution is -2.39. The van der Waals surface area contributed by atoms with Crippen LogP contribution in [0.1, 0.15) is 20.3 Å². The molecule has 96 valence electrons. The van der Waals surface area contributed by atoms with E-state index in [-0.39, 0.29) is 0 Å². The first kappa shape index (κ1) is 11.7. The van der Waals surface area contributed by atoms with Crippen LogP contribution < -0.4 is 4.90 Å². The Hall–Kier alpha value is -1.36. The average molecular weight is 266 g/mol. The normalized spacial score (nSPS) is 24.7. The summed E-state index contributed by atoms with van der Waals surface area (Å²) in [4.78, 5) is 10.6. The number of hydrogen-bond acceptors (Lipinski definition) is 4. The monoisotopic (exact) mass is 265 g/mol. The molecule has 3 rings (SSSR count). The van der Waals surface area contributed by atoms with Crippen molar-refractivity contribution in [2.24, 2.45) is 11.8 Å². The van der Waals surface area contributed by atoms with Gasteiger partial charge >= 0.3 is 0 Å². The number of fused-ring (bicyclic) bond motifs is 1. The predicted molar refractivity (Wildman–Crippen MR) is 71.0 cm³/mol. The van der Waals surface area contributed by atoms with Crippen molar-refractivity contribution in [1.29, 1.82) is 0 Å². The molecule has 18 heavy (non-hydrogen) atoms. The molecule has 0 aliphatic carbocycles. The third-order valence-electron chi connectivity index (χ3n) is 3.39. The molecule has 1 aliphatic heterocycles. The van der Waals surface area contributed by atoms with Crippen LogP contribution in [0.5, 0.6) is 0 Å². The van der Waals surface area contributed by atoms with Crippen molar-refractivity contribution in [2.75, 3.05) is 18.0 Å². The second-order valence-electron chi connectivity index (χ2n) is 5.26. The SMILES string of the molecule is CC1CC(C)CN(c2cc(Cl)nc3ncnn23)C1. The second kappa shape index (κ2) is 4.39. The molecule has 1 aliphatic rings. The molecule has 0 spiro atoms. The van der Waals surface area contributed by atoms with Crippen LogP contribution in [0.2, 0.25) is 5.15 Å². The molecule has 0 bridgehead atoms. The summed E-state index contributed by atoms with van der Waals surface area (Å²) in [5.41, 5.74) is 0. The van der Waals surface area contributed by atoms with E-state index in [1.807, 2.05) is 6.07 Å². The number of hydrogen-bond donors (Lipinski definition) is 0. The molecule has 2 atom stereocenters. The van der Waals surface area contributed by atoms with E-state index >= 15 is 0 Å². The van der Waals surface area contributed by atoms with Crippen LogP contribution in [0.3, 0.4) is 0 Å². The topological polar surface area (TPSA) is 46.3 Å². The summed E-state index contributed by atoms with van der Waals surface area (Å²) in [5, 5.41) is 4.70. The summed E-state index contributed by atoms with van der Waals surface area (Å²) in [6, 6.07) is 1.87. The summed E-state index contributed by atoms with van der Waals surface area (Å²) < 4.78 is 1.76. The minimum atomic E-state index is 0.469. The number of nitrogens with zero attached hydrogens (tertiary/aromatic N) is 5. The van der Waals surface area contributed by atoms with E-state index in [1.165, 1.54) is 12.7 Å². The smallest absolute Gasteiger partial charge is 0.255 e. The summed E-state index contributed by atoms with van der Waals surface area (Å²) in [6.07, 6.45) is 2.79. The fourth-order valence-corrected chi connectivity index (χ4v) is 3.02. The third kappa shape index (κ3) is 2.03. The number of piperidine rings is 1. The van der Waals surface area contributed by atoms with Crippen molar-refractivity contribution in [3.63, 3.8) is 0 Å². The van der Waals surface area contributed by atoms with E-state index < -0.39 is 0 Å². The lowest BCUT2D eigenvalue weighted by atomic mass is 9.92. The molecule has 1 saturated heterocycles. The van der Waals surface area contributed by atoms with Gasteiger partial charge in [-0.3, -0.25) is 0 Å². The molecule has 3 heterocycles. The van der Waals surface area contributed by atoms with Gasteiger partial charge in [-0.15, -0.1) is 0 Å². The van der Waals surface area contributed by atoms with E-state index in [9.17, 15) is 0 Å². The lowest BCUT2D eigenvalue weighted by molar-refractivity contribution is 0.354. The first-order valence-corrected chi connectivity index (χ1v) is 6.62. The van der Waals surface area contributed by atoms with Crippen LogP contribution >= 0.6 is 11.6 Å². The van der Waals surface area contributed by atoms with Gasteiger partial charge in [0.1, 0.15) is 17.3 Å². The molecular formula is C12H16ClN5. The van der Waals surface area contributed by atoms with Gasteiger partial charge in [-0.25, -0.2) is 0 Å². The molecule has 0 amide bonds. The number of aromatic nitrogens is 4. The van der Waals surface area contributed by atoms with Gasteiger partial charge in [-0.1, -0.05) is 25.4 Å². The fourth-order valence-electron chi connectivity index (χ4n) is 2.84. The number of anilines is 1. The Morgan fingerprint density at radius 2 is 2.00 bits per heavy atom. The minimum absolute atomic E-state index is 0.469. The standard InChI is InChI=1S/C12H16ClN5/c1-8-3-9(2)6-17(5-8)11-4-10(13)16-12-14-7-15-18(11)12/h4,7-9H,3,5-6H2,1-2H3.